The van der Waals surface area contributed by atoms with E-state index in [1.165, 1.54) is 34.4 Å². The van der Waals surface area contributed by atoms with E-state index in [0.29, 0.717) is 47.1 Å². The monoisotopic (exact) mass is 714 g/mol. The number of hydrogen-bond donors (Lipinski definition) is 8. The van der Waals surface area contributed by atoms with Crippen LogP contribution >= 0.6 is 0 Å². The zero-order valence-corrected chi connectivity index (χ0v) is 27.6. The number of imidazole rings is 2. The number of fused-ring (bicyclic) bond motifs is 2. The maximum atomic E-state index is 10.2. The molecule has 4 aromatic heterocycles. The number of anilines is 2. The van der Waals surface area contributed by atoms with Gasteiger partial charge in [-0.25, -0.2) is 29.9 Å². The van der Waals surface area contributed by atoms with Crippen LogP contribution in [0.5, 0.6) is 0 Å². The van der Waals surface area contributed by atoms with Gasteiger partial charge >= 0.3 is 0 Å². The van der Waals surface area contributed by atoms with Crippen molar-refractivity contribution in [3.8, 4) is 0 Å². The molecule has 0 aliphatic carbocycles. The second-order valence-electron chi connectivity index (χ2n) is 12.2. The molecule has 0 bridgehead atoms. The molecule has 0 saturated carbocycles. The van der Waals surface area contributed by atoms with Crippen LogP contribution in [0.3, 0.4) is 0 Å². The Kier molecular flexibility index (Phi) is 10.6. The van der Waals surface area contributed by atoms with E-state index in [1.54, 1.807) is 0 Å². The summed E-state index contributed by atoms with van der Waals surface area (Å²) in [5.74, 6) is 1.12. The fraction of sp³-hybridized carbons (Fsp3) is 0.353. The molecule has 272 valence electrons. The minimum atomic E-state index is -1.19. The second-order valence-corrected chi connectivity index (χ2v) is 12.2. The lowest BCUT2D eigenvalue weighted by Crippen LogP contribution is -2.33. The van der Waals surface area contributed by atoms with E-state index in [1.807, 2.05) is 60.7 Å². The normalized spacial score (nSPS) is 25.7. The molecule has 2 aromatic carbocycles. The minimum Gasteiger partial charge on any atom is -0.394 e. The van der Waals surface area contributed by atoms with Crippen LogP contribution < -0.4 is 10.6 Å². The summed E-state index contributed by atoms with van der Waals surface area (Å²) in [6.07, 6.45) is -2.48. The first-order chi connectivity index (χ1) is 25.4. The van der Waals surface area contributed by atoms with Crippen molar-refractivity contribution in [2.24, 2.45) is 0 Å². The van der Waals surface area contributed by atoms with Gasteiger partial charge in [0.2, 0.25) is 0 Å². The largest absolute Gasteiger partial charge is 0.394 e. The fourth-order valence-corrected chi connectivity index (χ4v) is 6.12. The first kappa shape index (κ1) is 35.2. The molecule has 0 spiro atoms. The maximum Gasteiger partial charge on any atom is 0.167 e. The highest BCUT2D eigenvalue weighted by molar-refractivity contribution is 5.83. The average molecular weight is 715 g/mol. The van der Waals surface area contributed by atoms with Crippen LogP contribution in [0.15, 0.2) is 86.0 Å². The van der Waals surface area contributed by atoms with Crippen molar-refractivity contribution in [3.63, 3.8) is 0 Å². The van der Waals surface area contributed by atoms with E-state index in [9.17, 15) is 30.6 Å². The summed E-state index contributed by atoms with van der Waals surface area (Å²) in [7, 11) is 0. The number of nitrogens with one attached hydrogen (secondary N) is 2. The first-order valence-electron chi connectivity index (χ1n) is 16.5. The minimum absolute atomic E-state index is 0.389. The van der Waals surface area contributed by atoms with E-state index in [-0.39, 0.29) is 13.2 Å². The van der Waals surface area contributed by atoms with Gasteiger partial charge in [-0.2, -0.15) is 0 Å². The van der Waals surface area contributed by atoms with Crippen LogP contribution in [0, 0.1) is 0 Å². The summed E-state index contributed by atoms with van der Waals surface area (Å²) < 4.78 is 14.2. The van der Waals surface area contributed by atoms with Gasteiger partial charge in [-0.05, 0) is 11.1 Å². The molecule has 0 amide bonds. The third-order valence-electron chi connectivity index (χ3n) is 8.91. The molecule has 0 radical (unpaired) electrons. The van der Waals surface area contributed by atoms with Crippen molar-refractivity contribution in [2.75, 3.05) is 23.8 Å². The molecule has 2 aliphatic rings. The van der Waals surface area contributed by atoms with Gasteiger partial charge in [0.25, 0.3) is 0 Å². The molecular weight excluding hydrogens is 676 g/mol. The van der Waals surface area contributed by atoms with Gasteiger partial charge in [0.05, 0.1) is 25.9 Å². The summed E-state index contributed by atoms with van der Waals surface area (Å²) in [6.45, 7) is 0.377. The van der Waals surface area contributed by atoms with Gasteiger partial charge < -0.3 is 50.7 Å². The van der Waals surface area contributed by atoms with Gasteiger partial charge in [-0.3, -0.25) is 9.13 Å². The highest BCUT2D eigenvalue weighted by atomic mass is 16.6. The maximum absolute atomic E-state index is 10.2. The molecule has 18 nitrogen and oxygen atoms in total. The Morgan fingerprint density at radius 3 is 1.31 bits per heavy atom. The second kappa shape index (κ2) is 15.6. The van der Waals surface area contributed by atoms with E-state index in [0.717, 1.165) is 11.1 Å². The third-order valence-corrected chi connectivity index (χ3v) is 8.91. The predicted molar refractivity (Wildman–Crippen MR) is 184 cm³/mol. The number of ether oxygens (including phenoxy) is 2. The van der Waals surface area contributed by atoms with Crippen LogP contribution in [-0.2, 0) is 22.6 Å². The fourth-order valence-electron chi connectivity index (χ4n) is 6.12. The van der Waals surface area contributed by atoms with E-state index < -0.39 is 49.1 Å². The standard InChI is InChI=1S/2C17H19N5O4/c2*23-7-11-13(24)14(25)17(26-11)22-9-21-12-15(19-8-20-16(12)22)18-6-10-4-2-1-3-5-10/h2*1-5,8-9,11,13-14,17,23-25H,6-7H2,(H,18,19,20)/t2*11-,13-,14-,17-/m11/s1. The van der Waals surface area contributed by atoms with Crippen molar-refractivity contribution in [3.05, 3.63) is 97.1 Å². The molecule has 8 atom stereocenters. The Hall–Kier alpha value is -5.18. The third kappa shape index (κ3) is 7.01. The smallest absolute Gasteiger partial charge is 0.167 e. The average Bonchev–Trinajstić information content (AvgIpc) is 3.95. The Labute approximate surface area is 296 Å². The SMILES string of the molecule is OC[C@H]1O[C@@H](n2cnc3c(NCc4ccccc4)ncnc32)[C@H](O)[C@@H]1O.OC[C@H]1O[C@@H](n2cnc3c(NCc4ccccc4)ncnc32)[C@H](O)[C@@H]1O. The van der Waals surface area contributed by atoms with Crippen LogP contribution in [0.4, 0.5) is 11.6 Å². The first-order valence-corrected chi connectivity index (χ1v) is 16.5. The highest BCUT2D eigenvalue weighted by Gasteiger charge is 2.45. The lowest BCUT2D eigenvalue weighted by atomic mass is 10.1. The van der Waals surface area contributed by atoms with Gasteiger partial charge in [0.1, 0.15) is 49.3 Å². The van der Waals surface area contributed by atoms with Crippen LogP contribution in [0.1, 0.15) is 23.6 Å². The van der Waals surface area contributed by atoms with Gasteiger partial charge in [-0.1, -0.05) is 60.7 Å². The molecule has 2 saturated heterocycles. The van der Waals surface area contributed by atoms with E-state index in [4.69, 9.17) is 9.47 Å². The van der Waals surface area contributed by atoms with Crippen molar-refractivity contribution in [1.29, 1.82) is 0 Å². The van der Waals surface area contributed by atoms with E-state index >= 15 is 0 Å². The number of benzene rings is 2. The van der Waals surface area contributed by atoms with Gasteiger partial charge in [0.15, 0.2) is 46.4 Å². The summed E-state index contributed by atoms with van der Waals surface area (Å²) in [6, 6.07) is 19.8. The Morgan fingerprint density at radius 1 is 0.538 bits per heavy atom. The van der Waals surface area contributed by atoms with Gasteiger partial charge in [0, 0.05) is 13.1 Å². The lowest BCUT2D eigenvalue weighted by Gasteiger charge is -2.16. The van der Waals surface area contributed by atoms with Gasteiger partial charge in [-0.15, -0.1) is 0 Å². The Morgan fingerprint density at radius 2 is 0.942 bits per heavy atom. The molecule has 2 aliphatic heterocycles. The summed E-state index contributed by atoms with van der Waals surface area (Å²) >= 11 is 0. The summed E-state index contributed by atoms with van der Waals surface area (Å²) in [4.78, 5) is 25.6. The quantitative estimate of drug-likeness (QED) is 0.0937. The highest BCUT2D eigenvalue weighted by Crippen LogP contribution is 2.33. The number of aliphatic hydroxyl groups is 6. The van der Waals surface area contributed by atoms with Crippen LogP contribution in [-0.4, -0.2) is 120 Å². The molecule has 8 N–H and O–H groups in total. The zero-order chi connectivity index (χ0) is 36.2. The number of aliphatic hydroxyl groups excluding tert-OH is 6. The molecular formula is C34H38N10O8. The van der Waals surface area contributed by atoms with Crippen molar-refractivity contribution in [1.82, 2.24) is 39.0 Å². The molecule has 18 heteroatoms. The Balaban J connectivity index is 0.000000162. The lowest BCUT2D eigenvalue weighted by molar-refractivity contribution is -0.0511. The van der Waals surface area contributed by atoms with Crippen molar-refractivity contribution in [2.45, 2.75) is 62.2 Å². The molecule has 6 aromatic rings. The van der Waals surface area contributed by atoms with Crippen LogP contribution in [0.25, 0.3) is 22.3 Å². The number of nitrogens with zero attached hydrogens (tertiary/aromatic N) is 8. The predicted octanol–water partition coefficient (Wildman–Crippen LogP) is 0.0998. The molecule has 52 heavy (non-hydrogen) atoms. The molecule has 8 rings (SSSR count). The van der Waals surface area contributed by atoms with Crippen molar-refractivity contribution >= 4 is 34.0 Å². The topological polar surface area (TPSA) is 251 Å². The number of rotatable bonds is 10. The Bertz CT molecular complexity index is 1920. The molecule has 6 heterocycles. The molecule has 0 unspecified atom stereocenters. The zero-order valence-electron chi connectivity index (χ0n) is 27.6. The number of aromatic nitrogens is 8. The molecule has 2 fully saturated rings. The van der Waals surface area contributed by atoms with E-state index in [2.05, 4.69) is 40.5 Å². The number of hydrogen-bond acceptors (Lipinski definition) is 16. The summed E-state index contributed by atoms with van der Waals surface area (Å²) in [5, 5.41) is 65.3. The summed E-state index contributed by atoms with van der Waals surface area (Å²) in [5.41, 5.74) is 4.18. The van der Waals surface area contributed by atoms with Crippen LogP contribution in [0.2, 0.25) is 0 Å². The van der Waals surface area contributed by atoms with Crippen molar-refractivity contribution < 1.29 is 40.1 Å².